The summed E-state index contributed by atoms with van der Waals surface area (Å²) in [6, 6.07) is 5.11. The van der Waals surface area contributed by atoms with Crippen molar-refractivity contribution in [2.45, 2.75) is 70.8 Å². The molecule has 1 aromatic carbocycles. The minimum atomic E-state index is -4.53. The van der Waals surface area contributed by atoms with Crippen molar-refractivity contribution in [2.24, 2.45) is 0 Å². The van der Waals surface area contributed by atoms with E-state index >= 15 is 0 Å². The summed E-state index contributed by atoms with van der Waals surface area (Å²) < 4.78 is 51.7. The van der Waals surface area contributed by atoms with E-state index in [1.54, 1.807) is 12.1 Å². The van der Waals surface area contributed by atoms with E-state index in [1.165, 1.54) is 38.5 Å². The van der Waals surface area contributed by atoms with Gasteiger partial charge in [0.15, 0.2) is 0 Å². The molecule has 0 saturated carbocycles. The van der Waals surface area contributed by atoms with Gasteiger partial charge in [-0.1, -0.05) is 57.9 Å². The molecular weight excluding hydrogens is 539 g/mol. The van der Waals surface area contributed by atoms with E-state index < -0.39 is 13.7 Å². The van der Waals surface area contributed by atoms with Crippen LogP contribution in [0.2, 0.25) is 0 Å². The molecule has 1 unspecified atom stereocenters. The Hall–Kier alpha value is -1.07. The van der Waals surface area contributed by atoms with E-state index in [9.17, 15) is 14.4 Å². The molecule has 232 valence electrons. The average Bonchev–Trinajstić information content (AvgIpc) is 2.93. The van der Waals surface area contributed by atoms with Crippen molar-refractivity contribution in [3.05, 3.63) is 23.8 Å². The molecule has 1 fully saturated rings. The highest BCUT2D eigenvalue weighted by molar-refractivity contribution is 7.60. The fourth-order valence-corrected chi connectivity index (χ4v) is 4.99. The van der Waals surface area contributed by atoms with Gasteiger partial charge in [0.1, 0.15) is 23.8 Å². The topological polar surface area (TPSA) is 122 Å². The zero-order valence-electron chi connectivity index (χ0n) is 24.3. The first kappa shape index (κ1) is 35.1. The summed E-state index contributed by atoms with van der Waals surface area (Å²) in [5.74, 6) is 0.160. The van der Waals surface area contributed by atoms with Gasteiger partial charge < -0.3 is 42.9 Å². The molecular formula is C29H51O10P. The Kier molecular flexibility index (Phi) is 19.8. The summed E-state index contributed by atoms with van der Waals surface area (Å²) in [7, 11) is -4.53. The summed E-state index contributed by atoms with van der Waals surface area (Å²) in [5, 5.41) is -0.0929. The predicted molar refractivity (Wildman–Crippen MR) is 154 cm³/mol. The first-order valence-corrected chi connectivity index (χ1v) is 16.4. The normalized spacial score (nSPS) is 19.5. The second-order valence-electron chi connectivity index (χ2n) is 9.90. The molecule has 0 aliphatic carbocycles. The molecule has 0 bridgehead atoms. The number of rotatable bonds is 13. The zero-order valence-corrected chi connectivity index (χ0v) is 25.2. The molecule has 0 radical (unpaired) electrons. The van der Waals surface area contributed by atoms with Crippen LogP contribution in [-0.2, 0) is 39.4 Å². The van der Waals surface area contributed by atoms with Crippen LogP contribution in [0.5, 0.6) is 5.75 Å². The van der Waals surface area contributed by atoms with E-state index in [1.807, 2.05) is 6.07 Å². The van der Waals surface area contributed by atoms with Gasteiger partial charge in [-0.05, 0) is 30.5 Å². The van der Waals surface area contributed by atoms with E-state index in [4.69, 9.17) is 33.2 Å². The number of ether oxygens (including phenoxy) is 7. The molecule has 1 aliphatic heterocycles. The van der Waals surface area contributed by atoms with Gasteiger partial charge in [0.05, 0.1) is 72.7 Å². The summed E-state index contributed by atoms with van der Waals surface area (Å²) in [4.78, 5) is 20.0. The van der Waals surface area contributed by atoms with Crippen LogP contribution < -0.4 is 10.0 Å². The Labute approximate surface area is 240 Å². The molecule has 2 rings (SSSR count). The standard InChI is InChI=1S/C29H51O10P/c1-2-3-4-5-6-7-8-9-10-26-11-12-28(29(23-26)40(30,31)32)39-25-27-24-37-20-19-35-16-15-33-13-14-34-17-18-36-21-22-38-27/h11-12,23,27H,2-10,13-22,24-25H2,1H3,(H2,30,31,32). The SMILES string of the molecule is CCCCCCCCCCc1ccc(OCC2COCCOCCOCCOCCOCCO2)c(P(=O)(O)O)c1. The molecule has 40 heavy (non-hydrogen) atoms. The van der Waals surface area contributed by atoms with Crippen molar-refractivity contribution in [3.8, 4) is 5.75 Å². The number of aryl methyl sites for hydroxylation is 1. The molecule has 1 heterocycles. The van der Waals surface area contributed by atoms with Crippen molar-refractivity contribution in [2.75, 3.05) is 79.3 Å². The van der Waals surface area contributed by atoms with E-state index in [-0.39, 0.29) is 24.3 Å². The Morgan fingerprint density at radius 1 is 0.750 bits per heavy atom. The van der Waals surface area contributed by atoms with Crippen LogP contribution in [0.1, 0.15) is 63.9 Å². The number of benzene rings is 1. The second kappa shape index (κ2) is 22.5. The lowest BCUT2D eigenvalue weighted by Crippen LogP contribution is -2.30. The summed E-state index contributed by atoms with van der Waals surface area (Å²) in [6.07, 6.45) is 10.0. The Balaban J connectivity index is 1.86. The van der Waals surface area contributed by atoms with Crippen molar-refractivity contribution in [1.29, 1.82) is 0 Å². The van der Waals surface area contributed by atoms with Gasteiger partial charge in [-0.3, -0.25) is 4.57 Å². The Morgan fingerprint density at radius 2 is 1.27 bits per heavy atom. The van der Waals surface area contributed by atoms with Crippen LogP contribution in [0.3, 0.4) is 0 Å². The first-order valence-electron chi connectivity index (χ1n) is 14.8. The lowest BCUT2D eigenvalue weighted by atomic mass is 10.0. The average molecular weight is 591 g/mol. The lowest BCUT2D eigenvalue weighted by Gasteiger charge is -2.21. The highest BCUT2D eigenvalue weighted by Crippen LogP contribution is 2.38. The lowest BCUT2D eigenvalue weighted by molar-refractivity contribution is -0.0710. The van der Waals surface area contributed by atoms with Crippen molar-refractivity contribution in [3.63, 3.8) is 0 Å². The highest BCUT2D eigenvalue weighted by atomic mass is 31.2. The maximum atomic E-state index is 12.3. The van der Waals surface area contributed by atoms with E-state index in [0.717, 1.165) is 24.8 Å². The highest BCUT2D eigenvalue weighted by Gasteiger charge is 2.24. The fourth-order valence-electron chi connectivity index (χ4n) is 4.23. The van der Waals surface area contributed by atoms with Gasteiger partial charge in [0.25, 0.3) is 0 Å². The molecule has 0 spiro atoms. The third kappa shape index (κ3) is 17.0. The van der Waals surface area contributed by atoms with Crippen LogP contribution in [0.4, 0.5) is 0 Å². The summed E-state index contributed by atoms with van der Waals surface area (Å²) in [6.45, 7) is 6.89. The first-order chi connectivity index (χ1) is 19.5. The largest absolute Gasteiger partial charge is 0.490 e. The Bertz CT molecular complexity index is 785. The minimum Gasteiger partial charge on any atom is -0.490 e. The smallest absolute Gasteiger partial charge is 0.359 e. The molecule has 0 aromatic heterocycles. The van der Waals surface area contributed by atoms with E-state index in [0.29, 0.717) is 66.1 Å². The molecule has 1 saturated heterocycles. The van der Waals surface area contributed by atoms with Gasteiger partial charge in [-0.2, -0.15) is 0 Å². The molecule has 1 atom stereocenters. The molecule has 2 N–H and O–H groups in total. The van der Waals surface area contributed by atoms with Gasteiger partial charge in [0, 0.05) is 0 Å². The van der Waals surface area contributed by atoms with Gasteiger partial charge >= 0.3 is 7.60 Å². The molecule has 1 aromatic rings. The summed E-state index contributed by atoms with van der Waals surface area (Å²) in [5.41, 5.74) is 0.902. The van der Waals surface area contributed by atoms with E-state index in [2.05, 4.69) is 6.92 Å². The predicted octanol–water partition coefficient (Wildman–Crippen LogP) is 4.03. The van der Waals surface area contributed by atoms with Gasteiger partial charge in [0.2, 0.25) is 0 Å². The van der Waals surface area contributed by atoms with Crippen molar-refractivity contribution in [1.82, 2.24) is 0 Å². The molecule has 1 aliphatic rings. The molecule has 11 heteroatoms. The van der Waals surface area contributed by atoms with Gasteiger partial charge in [-0.25, -0.2) is 0 Å². The summed E-state index contributed by atoms with van der Waals surface area (Å²) >= 11 is 0. The minimum absolute atomic E-state index is 0.0716. The number of unbranched alkanes of at least 4 members (excludes halogenated alkanes) is 7. The quantitative estimate of drug-likeness (QED) is 0.257. The number of hydrogen-bond donors (Lipinski definition) is 2. The van der Waals surface area contributed by atoms with Gasteiger partial charge in [-0.15, -0.1) is 0 Å². The second-order valence-corrected chi connectivity index (χ2v) is 11.5. The third-order valence-corrected chi connectivity index (χ3v) is 7.43. The monoisotopic (exact) mass is 590 g/mol. The maximum absolute atomic E-state index is 12.3. The van der Waals surface area contributed by atoms with Crippen LogP contribution in [-0.4, -0.2) is 95.2 Å². The van der Waals surface area contributed by atoms with Crippen LogP contribution >= 0.6 is 7.60 Å². The van der Waals surface area contributed by atoms with Crippen LogP contribution in [0.15, 0.2) is 18.2 Å². The third-order valence-electron chi connectivity index (χ3n) is 6.45. The van der Waals surface area contributed by atoms with Crippen LogP contribution in [0, 0.1) is 0 Å². The molecule has 0 amide bonds. The maximum Gasteiger partial charge on any atom is 0.359 e. The zero-order chi connectivity index (χ0) is 28.7. The fraction of sp³-hybridized carbons (Fsp3) is 0.793. The van der Waals surface area contributed by atoms with Crippen LogP contribution in [0.25, 0.3) is 0 Å². The van der Waals surface area contributed by atoms with Crippen molar-refractivity contribution < 1.29 is 47.5 Å². The van der Waals surface area contributed by atoms with Crippen molar-refractivity contribution >= 4 is 12.9 Å². The number of hydrogen-bond acceptors (Lipinski definition) is 8. The Morgan fingerprint density at radius 3 is 1.85 bits per heavy atom. The molecule has 10 nitrogen and oxygen atoms in total.